The molecule has 98 valence electrons. The minimum Gasteiger partial charge on any atom is -0.465 e. The molecule has 0 aliphatic carbocycles. The number of nitrogens with one attached hydrogen (secondary N) is 1. The van der Waals surface area contributed by atoms with Gasteiger partial charge in [0.2, 0.25) is 5.91 Å². The van der Waals surface area contributed by atoms with Crippen LogP contribution in [0.5, 0.6) is 0 Å². The number of carbonyl (C=O) groups is 2. The smallest absolute Gasteiger partial charge is 0.337 e. The molecule has 0 radical (unpaired) electrons. The second kappa shape index (κ2) is 5.37. The van der Waals surface area contributed by atoms with E-state index in [9.17, 15) is 9.59 Å². The number of anilines is 1. The molecule has 0 atom stereocenters. The van der Waals surface area contributed by atoms with Crippen LogP contribution in [0.3, 0.4) is 0 Å². The van der Waals surface area contributed by atoms with Crippen LogP contribution in [-0.4, -0.2) is 24.5 Å². The van der Waals surface area contributed by atoms with Gasteiger partial charge in [-0.2, -0.15) is 0 Å². The van der Waals surface area contributed by atoms with Crippen LogP contribution in [0.15, 0.2) is 18.2 Å². The fourth-order valence-electron chi connectivity index (χ4n) is 1.15. The summed E-state index contributed by atoms with van der Waals surface area (Å²) in [5.41, 5.74) is 5.24. The Balaban J connectivity index is 3.02. The normalized spacial score (nSPS) is 10.9. The van der Waals surface area contributed by atoms with Crippen molar-refractivity contribution in [1.29, 1.82) is 0 Å². The highest BCUT2D eigenvalue weighted by atomic mass is 35.5. The van der Waals surface area contributed by atoms with Gasteiger partial charge < -0.3 is 15.8 Å². The van der Waals surface area contributed by atoms with Crippen LogP contribution in [0.4, 0.5) is 5.69 Å². The lowest BCUT2D eigenvalue weighted by Gasteiger charge is -2.18. The van der Waals surface area contributed by atoms with Crippen LogP contribution in [0, 0.1) is 0 Å². The SMILES string of the molecule is COC(=O)c1ccc(Cl)c(NC(=O)C(C)(C)N)c1. The number of halogens is 1. The topological polar surface area (TPSA) is 81.4 Å². The molecule has 0 saturated carbocycles. The zero-order valence-corrected chi connectivity index (χ0v) is 11.2. The van der Waals surface area contributed by atoms with E-state index >= 15 is 0 Å². The van der Waals surface area contributed by atoms with Crippen molar-refractivity contribution in [3.8, 4) is 0 Å². The number of rotatable bonds is 3. The summed E-state index contributed by atoms with van der Waals surface area (Å²) in [6, 6.07) is 4.46. The zero-order chi connectivity index (χ0) is 13.9. The van der Waals surface area contributed by atoms with Gasteiger partial charge in [-0.3, -0.25) is 4.79 Å². The van der Waals surface area contributed by atoms with Crippen LogP contribution in [0.25, 0.3) is 0 Å². The van der Waals surface area contributed by atoms with Gasteiger partial charge in [0, 0.05) is 0 Å². The maximum absolute atomic E-state index is 11.7. The number of hydrogen-bond acceptors (Lipinski definition) is 4. The fourth-order valence-corrected chi connectivity index (χ4v) is 1.31. The van der Waals surface area contributed by atoms with Gasteiger partial charge in [0.05, 0.1) is 28.9 Å². The Labute approximate surface area is 110 Å². The molecule has 0 fully saturated rings. The summed E-state index contributed by atoms with van der Waals surface area (Å²) in [6.45, 7) is 3.14. The van der Waals surface area contributed by atoms with Crippen LogP contribution in [0.2, 0.25) is 5.02 Å². The Morgan fingerprint density at radius 2 is 2.00 bits per heavy atom. The molecule has 5 nitrogen and oxygen atoms in total. The van der Waals surface area contributed by atoms with E-state index < -0.39 is 17.4 Å². The molecule has 1 amide bonds. The predicted octanol–water partition coefficient (Wildman–Crippen LogP) is 1.80. The average Bonchev–Trinajstić information content (AvgIpc) is 2.29. The molecule has 6 heteroatoms. The second-order valence-corrected chi connectivity index (χ2v) is 4.77. The van der Waals surface area contributed by atoms with E-state index in [2.05, 4.69) is 10.1 Å². The Bertz CT molecular complexity index is 481. The highest BCUT2D eigenvalue weighted by Gasteiger charge is 2.23. The first kappa shape index (κ1) is 14.5. The van der Waals surface area contributed by atoms with Crippen molar-refractivity contribution in [2.75, 3.05) is 12.4 Å². The summed E-state index contributed by atoms with van der Waals surface area (Å²) < 4.78 is 4.58. The second-order valence-electron chi connectivity index (χ2n) is 4.36. The molecule has 0 heterocycles. The van der Waals surface area contributed by atoms with Crippen LogP contribution in [0.1, 0.15) is 24.2 Å². The first-order valence-electron chi connectivity index (χ1n) is 5.24. The molecule has 1 rings (SSSR count). The summed E-state index contributed by atoms with van der Waals surface area (Å²) in [5.74, 6) is -0.902. The van der Waals surface area contributed by atoms with E-state index in [1.165, 1.54) is 25.3 Å². The summed E-state index contributed by atoms with van der Waals surface area (Å²) in [6.07, 6.45) is 0. The first-order valence-corrected chi connectivity index (χ1v) is 5.61. The third kappa shape index (κ3) is 3.45. The molecular formula is C12H15ClN2O3. The summed E-state index contributed by atoms with van der Waals surface area (Å²) in [5, 5.41) is 2.89. The van der Waals surface area contributed by atoms with Crippen molar-refractivity contribution in [2.24, 2.45) is 5.73 Å². The lowest BCUT2D eigenvalue weighted by atomic mass is 10.1. The van der Waals surface area contributed by atoms with Crippen molar-refractivity contribution in [3.05, 3.63) is 28.8 Å². The van der Waals surface area contributed by atoms with Gasteiger partial charge in [0.1, 0.15) is 0 Å². The molecule has 0 aliphatic heterocycles. The van der Waals surface area contributed by atoms with Crippen molar-refractivity contribution in [1.82, 2.24) is 0 Å². The van der Waals surface area contributed by atoms with Crippen molar-refractivity contribution in [2.45, 2.75) is 19.4 Å². The van der Waals surface area contributed by atoms with E-state index in [0.29, 0.717) is 16.3 Å². The maximum atomic E-state index is 11.7. The van der Waals surface area contributed by atoms with E-state index in [-0.39, 0.29) is 0 Å². The van der Waals surface area contributed by atoms with Gasteiger partial charge in [-0.05, 0) is 32.0 Å². The molecule has 0 bridgehead atoms. The number of nitrogens with two attached hydrogens (primary N) is 1. The summed E-state index contributed by atoms with van der Waals surface area (Å²) in [4.78, 5) is 23.1. The standard InChI is InChI=1S/C12H15ClN2O3/c1-12(2,14)11(17)15-9-6-7(10(16)18-3)4-5-8(9)13/h4-6H,14H2,1-3H3,(H,15,17). The molecule has 18 heavy (non-hydrogen) atoms. The minimum atomic E-state index is -1.04. The van der Waals surface area contributed by atoms with E-state index in [0.717, 1.165) is 0 Å². The number of benzene rings is 1. The Hall–Kier alpha value is -1.59. The third-order valence-corrected chi connectivity index (χ3v) is 2.55. The summed E-state index contributed by atoms with van der Waals surface area (Å²) >= 11 is 5.93. The minimum absolute atomic E-state index is 0.298. The van der Waals surface area contributed by atoms with Gasteiger partial charge in [0.25, 0.3) is 0 Å². The molecule has 0 aromatic heterocycles. The fraction of sp³-hybridized carbons (Fsp3) is 0.333. The molecule has 1 aromatic rings. The number of ether oxygens (including phenoxy) is 1. The first-order chi connectivity index (χ1) is 8.25. The highest BCUT2D eigenvalue weighted by Crippen LogP contribution is 2.24. The van der Waals surface area contributed by atoms with Crippen molar-refractivity contribution < 1.29 is 14.3 Å². The van der Waals surface area contributed by atoms with Gasteiger partial charge in [-0.15, -0.1) is 0 Å². The van der Waals surface area contributed by atoms with E-state index in [1.807, 2.05) is 0 Å². The highest BCUT2D eigenvalue weighted by molar-refractivity contribution is 6.34. The molecular weight excluding hydrogens is 256 g/mol. The monoisotopic (exact) mass is 270 g/mol. The lowest BCUT2D eigenvalue weighted by molar-refractivity contribution is -0.120. The number of hydrogen-bond donors (Lipinski definition) is 2. The van der Waals surface area contributed by atoms with Gasteiger partial charge in [0.15, 0.2) is 0 Å². The molecule has 1 aromatic carbocycles. The molecule has 0 spiro atoms. The van der Waals surface area contributed by atoms with Crippen LogP contribution >= 0.6 is 11.6 Å². The average molecular weight is 271 g/mol. The Morgan fingerprint density at radius 1 is 1.39 bits per heavy atom. The molecule has 0 unspecified atom stereocenters. The molecule has 0 aliphatic rings. The van der Waals surface area contributed by atoms with Crippen molar-refractivity contribution >= 4 is 29.2 Å². The van der Waals surface area contributed by atoms with Gasteiger partial charge >= 0.3 is 5.97 Å². The van der Waals surface area contributed by atoms with Crippen LogP contribution < -0.4 is 11.1 Å². The van der Waals surface area contributed by atoms with Gasteiger partial charge in [-0.25, -0.2) is 4.79 Å². The Kier molecular flexibility index (Phi) is 4.32. The van der Waals surface area contributed by atoms with E-state index in [4.69, 9.17) is 17.3 Å². The number of methoxy groups -OCH3 is 1. The largest absolute Gasteiger partial charge is 0.465 e. The lowest BCUT2D eigenvalue weighted by Crippen LogP contribution is -2.45. The third-order valence-electron chi connectivity index (χ3n) is 2.22. The predicted molar refractivity (Wildman–Crippen MR) is 69.7 cm³/mol. The number of carbonyl (C=O) groups excluding carboxylic acids is 2. The van der Waals surface area contributed by atoms with Crippen molar-refractivity contribution in [3.63, 3.8) is 0 Å². The quantitative estimate of drug-likeness (QED) is 0.821. The Morgan fingerprint density at radius 3 is 2.50 bits per heavy atom. The van der Waals surface area contributed by atoms with E-state index in [1.54, 1.807) is 13.8 Å². The number of amides is 1. The molecule has 0 saturated heterocycles. The van der Waals surface area contributed by atoms with Crippen LogP contribution in [-0.2, 0) is 9.53 Å². The zero-order valence-electron chi connectivity index (χ0n) is 10.4. The number of esters is 1. The van der Waals surface area contributed by atoms with Gasteiger partial charge in [-0.1, -0.05) is 11.6 Å². The maximum Gasteiger partial charge on any atom is 0.337 e. The molecule has 3 N–H and O–H groups in total. The summed E-state index contributed by atoms with van der Waals surface area (Å²) in [7, 11) is 1.28.